The summed E-state index contributed by atoms with van der Waals surface area (Å²) in [6.07, 6.45) is 13.0. The summed E-state index contributed by atoms with van der Waals surface area (Å²) in [4.78, 5) is 0. The zero-order chi connectivity index (χ0) is 13.7. The number of allylic oxidation sites excluding steroid dienone is 1. The molecular weight excluding hydrogens is 232 g/mol. The summed E-state index contributed by atoms with van der Waals surface area (Å²) in [5.74, 6) is 0.767. The van der Waals surface area contributed by atoms with Gasteiger partial charge in [-0.2, -0.15) is 0 Å². The summed E-state index contributed by atoms with van der Waals surface area (Å²) in [7, 11) is 0. The van der Waals surface area contributed by atoms with Gasteiger partial charge in [0.15, 0.2) is 0 Å². The van der Waals surface area contributed by atoms with Gasteiger partial charge in [-0.15, -0.1) is 0 Å². The first-order valence-corrected chi connectivity index (χ1v) is 8.33. The first-order valence-electron chi connectivity index (χ1n) is 8.33. The van der Waals surface area contributed by atoms with E-state index in [9.17, 15) is 0 Å². The molecule has 1 aliphatic heterocycles. The molecule has 3 atom stereocenters. The van der Waals surface area contributed by atoms with Crippen LogP contribution >= 0.6 is 0 Å². The second-order valence-corrected chi connectivity index (χ2v) is 7.90. The van der Waals surface area contributed by atoms with Crippen LogP contribution in [-0.2, 0) is 4.74 Å². The molecule has 0 unspecified atom stereocenters. The topological polar surface area (TPSA) is 9.23 Å². The van der Waals surface area contributed by atoms with Crippen LogP contribution in [0.5, 0.6) is 0 Å². The average molecular weight is 262 g/mol. The number of fused-ring (bicyclic) bond motifs is 1. The fraction of sp³-hybridized carbons (Fsp3) is 0.889. The second kappa shape index (κ2) is 4.35. The highest BCUT2D eigenvalue weighted by atomic mass is 16.5. The SMILES string of the molecule is CCC/C=C1\CCC[C@@]2(C)CC[C@@H]3C[C@]12OC3(C)C. The van der Waals surface area contributed by atoms with E-state index in [1.807, 2.05) is 0 Å². The number of unbranched alkanes of at least 4 members (excludes halogenated alkanes) is 1. The molecule has 19 heavy (non-hydrogen) atoms. The molecule has 2 bridgehead atoms. The zero-order valence-corrected chi connectivity index (χ0v) is 13.2. The Morgan fingerprint density at radius 1 is 1.26 bits per heavy atom. The Hall–Kier alpha value is -0.300. The fourth-order valence-corrected chi connectivity index (χ4v) is 5.05. The van der Waals surface area contributed by atoms with Gasteiger partial charge in [-0.3, -0.25) is 0 Å². The van der Waals surface area contributed by atoms with Crippen LogP contribution in [0.3, 0.4) is 0 Å². The standard InChI is InChI=1S/C18H30O/c1-5-6-8-14-9-7-11-17(4)12-10-15-13-18(14,17)19-16(15,2)3/h8,15H,5-7,9-13H2,1-4H3/b14-8+/t15-,17+,18+/m1/s1. The van der Waals surface area contributed by atoms with Crippen LogP contribution < -0.4 is 0 Å². The smallest absolute Gasteiger partial charge is 0.0955 e. The molecular formula is C18H30O. The second-order valence-electron chi connectivity index (χ2n) is 7.90. The van der Waals surface area contributed by atoms with E-state index in [0.29, 0.717) is 5.41 Å². The Labute approximate surface area is 118 Å². The summed E-state index contributed by atoms with van der Waals surface area (Å²) >= 11 is 0. The maximum atomic E-state index is 6.81. The molecule has 2 aliphatic carbocycles. The van der Waals surface area contributed by atoms with Crippen LogP contribution in [0, 0.1) is 11.3 Å². The Morgan fingerprint density at radius 2 is 2.05 bits per heavy atom. The lowest BCUT2D eigenvalue weighted by atomic mass is 9.54. The average Bonchev–Trinajstić information content (AvgIpc) is 2.58. The van der Waals surface area contributed by atoms with Crippen molar-refractivity contribution in [3.63, 3.8) is 0 Å². The minimum absolute atomic E-state index is 0.0837. The normalized spacial score (nSPS) is 46.3. The van der Waals surface area contributed by atoms with E-state index in [2.05, 4.69) is 33.8 Å². The number of ether oxygens (including phenoxy) is 1. The van der Waals surface area contributed by atoms with E-state index < -0.39 is 0 Å². The first-order chi connectivity index (χ1) is 8.94. The predicted octanol–water partition coefficient (Wildman–Crippen LogP) is 5.25. The summed E-state index contributed by atoms with van der Waals surface area (Å²) in [5.41, 5.74) is 2.22. The minimum atomic E-state index is 0.0837. The number of rotatable bonds is 2. The predicted molar refractivity (Wildman–Crippen MR) is 80.2 cm³/mol. The van der Waals surface area contributed by atoms with E-state index in [4.69, 9.17) is 4.74 Å². The van der Waals surface area contributed by atoms with Crippen LogP contribution in [0.25, 0.3) is 0 Å². The molecule has 0 aromatic heterocycles. The van der Waals surface area contributed by atoms with Crippen molar-refractivity contribution in [1.82, 2.24) is 0 Å². The Bertz CT molecular complexity index is 394. The minimum Gasteiger partial charge on any atom is -0.364 e. The lowest BCUT2D eigenvalue weighted by molar-refractivity contribution is -0.137. The third kappa shape index (κ3) is 1.84. The van der Waals surface area contributed by atoms with Crippen LogP contribution in [0.2, 0.25) is 0 Å². The van der Waals surface area contributed by atoms with E-state index >= 15 is 0 Å². The molecule has 0 radical (unpaired) electrons. The largest absolute Gasteiger partial charge is 0.364 e. The van der Waals surface area contributed by atoms with E-state index in [1.54, 1.807) is 5.57 Å². The van der Waals surface area contributed by atoms with Gasteiger partial charge in [-0.25, -0.2) is 0 Å². The molecule has 1 nitrogen and oxygen atoms in total. The zero-order valence-electron chi connectivity index (χ0n) is 13.2. The third-order valence-corrected chi connectivity index (χ3v) is 6.35. The van der Waals surface area contributed by atoms with Crippen LogP contribution in [0.15, 0.2) is 11.6 Å². The van der Waals surface area contributed by atoms with Crippen molar-refractivity contribution in [2.75, 3.05) is 0 Å². The summed E-state index contributed by atoms with van der Waals surface area (Å²) in [6.45, 7) is 9.43. The monoisotopic (exact) mass is 262 g/mol. The lowest BCUT2D eigenvalue weighted by Crippen LogP contribution is -2.52. The highest BCUT2D eigenvalue weighted by molar-refractivity contribution is 5.30. The van der Waals surface area contributed by atoms with Gasteiger partial charge in [0.25, 0.3) is 0 Å². The van der Waals surface area contributed by atoms with Crippen molar-refractivity contribution in [3.8, 4) is 0 Å². The molecule has 2 saturated carbocycles. The quantitative estimate of drug-likeness (QED) is 0.617. The maximum Gasteiger partial charge on any atom is 0.0955 e. The molecule has 3 fully saturated rings. The summed E-state index contributed by atoms with van der Waals surface area (Å²) in [5, 5.41) is 0. The molecule has 0 aromatic rings. The fourth-order valence-electron chi connectivity index (χ4n) is 5.05. The van der Waals surface area contributed by atoms with Gasteiger partial charge in [0.1, 0.15) is 0 Å². The van der Waals surface area contributed by atoms with Crippen molar-refractivity contribution in [1.29, 1.82) is 0 Å². The van der Waals surface area contributed by atoms with Gasteiger partial charge in [-0.1, -0.05) is 26.3 Å². The number of hydrogen-bond donors (Lipinski definition) is 0. The molecule has 0 aromatic carbocycles. The summed E-state index contributed by atoms with van der Waals surface area (Å²) in [6, 6.07) is 0. The van der Waals surface area contributed by atoms with Crippen molar-refractivity contribution < 1.29 is 4.74 Å². The van der Waals surface area contributed by atoms with E-state index in [1.165, 1.54) is 51.4 Å². The molecule has 1 spiro atoms. The van der Waals surface area contributed by atoms with Crippen molar-refractivity contribution in [2.24, 2.45) is 11.3 Å². The maximum absolute atomic E-state index is 6.81. The number of hydrogen-bond acceptors (Lipinski definition) is 1. The van der Waals surface area contributed by atoms with E-state index in [0.717, 1.165) is 5.92 Å². The third-order valence-electron chi connectivity index (χ3n) is 6.35. The molecule has 0 N–H and O–H groups in total. The Morgan fingerprint density at radius 3 is 2.79 bits per heavy atom. The van der Waals surface area contributed by atoms with Crippen molar-refractivity contribution >= 4 is 0 Å². The molecule has 3 aliphatic rings. The van der Waals surface area contributed by atoms with Crippen molar-refractivity contribution in [2.45, 2.75) is 90.3 Å². The summed E-state index contributed by atoms with van der Waals surface area (Å²) < 4.78 is 6.81. The van der Waals surface area contributed by atoms with E-state index in [-0.39, 0.29) is 11.2 Å². The highest BCUT2D eigenvalue weighted by Gasteiger charge is 2.64. The van der Waals surface area contributed by atoms with Crippen molar-refractivity contribution in [3.05, 3.63) is 11.6 Å². The van der Waals surface area contributed by atoms with Gasteiger partial charge in [0, 0.05) is 5.41 Å². The van der Waals surface area contributed by atoms with Crippen LogP contribution in [-0.4, -0.2) is 11.2 Å². The van der Waals surface area contributed by atoms with Gasteiger partial charge in [-0.05, 0) is 70.3 Å². The van der Waals surface area contributed by atoms with Crippen LogP contribution in [0.1, 0.15) is 79.1 Å². The molecule has 108 valence electrons. The molecule has 3 rings (SSSR count). The first kappa shape index (κ1) is 13.7. The molecule has 0 amide bonds. The molecule has 1 heteroatoms. The Kier molecular flexibility index (Phi) is 3.13. The Balaban J connectivity index is 2.02. The van der Waals surface area contributed by atoms with Gasteiger partial charge >= 0.3 is 0 Å². The van der Waals surface area contributed by atoms with Crippen LogP contribution in [0.4, 0.5) is 0 Å². The van der Waals surface area contributed by atoms with Gasteiger partial charge in [0.05, 0.1) is 11.2 Å². The highest BCUT2D eigenvalue weighted by Crippen LogP contribution is 2.65. The molecule has 1 saturated heterocycles. The van der Waals surface area contributed by atoms with Gasteiger partial charge in [0.2, 0.25) is 0 Å². The van der Waals surface area contributed by atoms with Gasteiger partial charge < -0.3 is 4.74 Å². The lowest BCUT2D eigenvalue weighted by Gasteiger charge is -2.53. The molecule has 1 heterocycles.